The van der Waals surface area contributed by atoms with E-state index in [1.807, 2.05) is 37.3 Å². The van der Waals surface area contributed by atoms with Crippen molar-refractivity contribution in [3.63, 3.8) is 0 Å². The molecule has 64 valence electrons. The summed E-state index contributed by atoms with van der Waals surface area (Å²) in [5.41, 5.74) is 2.09. The van der Waals surface area contributed by atoms with Gasteiger partial charge in [0.25, 0.3) is 0 Å². The lowest BCUT2D eigenvalue weighted by atomic mass is 10.2. The van der Waals surface area contributed by atoms with E-state index < -0.39 is 0 Å². The van der Waals surface area contributed by atoms with E-state index in [1.54, 1.807) is 0 Å². The number of rotatable bonds is 3. The highest BCUT2D eigenvalue weighted by Gasteiger charge is 2.02. The van der Waals surface area contributed by atoms with Crippen molar-refractivity contribution >= 4 is 12.6 Å². The predicted molar refractivity (Wildman–Crippen MR) is 56.1 cm³/mol. The minimum absolute atomic E-state index is 0.0451. The monoisotopic (exact) mass is 179 g/mol. The Balaban J connectivity index is 2.65. The van der Waals surface area contributed by atoms with E-state index in [9.17, 15) is 0 Å². The molecule has 0 bridgehead atoms. The topological polar surface area (TPSA) is 12.0 Å². The molecule has 1 atom stereocenters. The van der Waals surface area contributed by atoms with Crippen LogP contribution in [0.3, 0.4) is 0 Å². The lowest BCUT2D eigenvalue weighted by Gasteiger charge is -2.13. The van der Waals surface area contributed by atoms with E-state index >= 15 is 0 Å². The molecule has 0 aliphatic rings. The maximum Gasteiger partial charge on any atom is 0.0948 e. The van der Waals surface area contributed by atoms with Gasteiger partial charge in [0.1, 0.15) is 0 Å². The van der Waals surface area contributed by atoms with E-state index in [2.05, 4.69) is 24.5 Å². The van der Waals surface area contributed by atoms with Crippen molar-refractivity contribution in [3.8, 4) is 0 Å². The van der Waals surface area contributed by atoms with E-state index in [0.717, 1.165) is 11.3 Å². The zero-order valence-corrected chi connectivity index (χ0v) is 8.01. The molecule has 0 aliphatic carbocycles. The van der Waals surface area contributed by atoms with E-state index in [-0.39, 0.29) is 5.37 Å². The third-order valence-corrected chi connectivity index (χ3v) is 1.93. The molecule has 1 N–H and O–H groups in total. The minimum atomic E-state index is 0.0451. The van der Waals surface area contributed by atoms with Crippen molar-refractivity contribution in [2.45, 2.75) is 12.3 Å². The largest absolute Gasteiger partial charge is 0.374 e. The first-order valence-electron chi connectivity index (χ1n) is 3.85. The van der Waals surface area contributed by atoms with E-state index in [1.165, 1.54) is 0 Å². The second-order valence-corrected chi connectivity index (χ2v) is 3.25. The summed E-state index contributed by atoms with van der Waals surface area (Å²) < 4.78 is 0. The molecule has 1 nitrogen and oxygen atoms in total. The average Bonchev–Trinajstić information content (AvgIpc) is 2.05. The summed E-state index contributed by atoms with van der Waals surface area (Å²) in [6, 6.07) is 10.1. The van der Waals surface area contributed by atoms with Gasteiger partial charge in [-0.3, -0.25) is 0 Å². The number of hydrogen-bond donors (Lipinski definition) is 2. The average molecular weight is 179 g/mol. The highest BCUT2D eigenvalue weighted by Crippen LogP contribution is 2.16. The van der Waals surface area contributed by atoms with E-state index in [4.69, 9.17) is 0 Å². The molecule has 2 heteroatoms. The summed E-state index contributed by atoms with van der Waals surface area (Å²) >= 11 is 4.39. The molecule has 1 aromatic carbocycles. The maximum absolute atomic E-state index is 4.39. The van der Waals surface area contributed by atoms with Crippen LogP contribution in [0.5, 0.6) is 0 Å². The van der Waals surface area contributed by atoms with Gasteiger partial charge in [-0.05, 0) is 12.5 Å². The zero-order chi connectivity index (χ0) is 8.97. The fraction of sp³-hybridized carbons (Fsp3) is 0.200. The first-order chi connectivity index (χ1) is 5.70. The van der Waals surface area contributed by atoms with Gasteiger partial charge in [0.2, 0.25) is 0 Å². The molecule has 0 aromatic heterocycles. The van der Waals surface area contributed by atoms with Crippen molar-refractivity contribution < 1.29 is 0 Å². The summed E-state index contributed by atoms with van der Waals surface area (Å²) in [7, 11) is 0. The first kappa shape index (κ1) is 9.20. The van der Waals surface area contributed by atoms with Gasteiger partial charge in [-0.1, -0.05) is 36.9 Å². The Bertz CT molecular complexity index is 256. The van der Waals surface area contributed by atoms with Crippen molar-refractivity contribution in [2.75, 3.05) is 0 Å². The molecule has 0 spiro atoms. The number of benzene rings is 1. The standard InChI is InChI=1S/C10H13NS/c1-8(2)11-10(12)9-6-4-3-5-7-9/h3-7,10-12H,1H2,2H3. The van der Waals surface area contributed by atoms with Crippen molar-refractivity contribution in [1.29, 1.82) is 0 Å². The Morgan fingerprint density at radius 3 is 2.50 bits per heavy atom. The summed E-state index contributed by atoms with van der Waals surface area (Å²) in [6.07, 6.45) is 0. The summed E-state index contributed by atoms with van der Waals surface area (Å²) in [4.78, 5) is 0. The van der Waals surface area contributed by atoms with Crippen LogP contribution in [-0.4, -0.2) is 0 Å². The molecule has 0 saturated carbocycles. The molecule has 0 aliphatic heterocycles. The molecular formula is C10H13NS. The van der Waals surface area contributed by atoms with Gasteiger partial charge >= 0.3 is 0 Å². The Morgan fingerprint density at radius 2 is 2.00 bits per heavy atom. The van der Waals surface area contributed by atoms with Crippen LogP contribution in [0.4, 0.5) is 0 Å². The smallest absolute Gasteiger partial charge is 0.0948 e. The van der Waals surface area contributed by atoms with Gasteiger partial charge in [0, 0.05) is 5.70 Å². The Labute approximate surface area is 78.9 Å². The van der Waals surface area contributed by atoms with Gasteiger partial charge in [-0.15, -0.1) is 12.6 Å². The molecule has 0 heterocycles. The number of allylic oxidation sites excluding steroid dienone is 1. The highest BCUT2D eigenvalue weighted by molar-refractivity contribution is 7.80. The maximum atomic E-state index is 4.39. The molecule has 0 radical (unpaired) electrons. The number of hydrogen-bond acceptors (Lipinski definition) is 2. The molecule has 12 heavy (non-hydrogen) atoms. The highest BCUT2D eigenvalue weighted by atomic mass is 32.1. The lowest BCUT2D eigenvalue weighted by Crippen LogP contribution is -2.13. The Hall–Kier alpha value is -0.890. The van der Waals surface area contributed by atoms with Crippen LogP contribution in [0.15, 0.2) is 42.6 Å². The second kappa shape index (κ2) is 4.21. The Morgan fingerprint density at radius 1 is 1.42 bits per heavy atom. The molecular weight excluding hydrogens is 166 g/mol. The molecule has 1 unspecified atom stereocenters. The quantitative estimate of drug-likeness (QED) is 0.537. The van der Waals surface area contributed by atoms with Crippen LogP contribution in [0.25, 0.3) is 0 Å². The summed E-state index contributed by atoms with van der Waals surface area (Å²) in [5, 5.41) is 3.17. The first-order valence-corrected chi connectivity index (χ1v) is 4.37. The van der Waals surface area contributed by atoms with Crippen LogP contribution >= 0.6 is 12.6 Å². The van der Waals surface area contributed by atoms with Crippen molar-refractivity contribution in [3.05, 3.63) is 48.2 Å². The van der Waals surface area contributed by atoms with Crippen LogP contribution in [0.2, 0.25) is 0 Å². The van der Waals surface area contributed by atoms with Gasteiger partial charge in [-0.25, -0.2) is 0 Å². The third-order valence-electron chi connectivity index (χ3n) is 1.50. The summed E-state index contributed by atoms with van der Waals surface area (Å²) in [6.45, 7) is 5.68. The molecule has 0 fully saturated rings. The summed E-state index contributed by atoms with van der Waals surface area (Å²) in [5.74, 6) is 0. The van der Waals surface area contributed by atoms with Crippen LogP contribution in [0.1, 0.15) is 17.9 Å². The fourth-order valence-corrected chi connectivity index (χ4v) is 1.34. The van der Waals surface area contributed by atoms with Gasteiger partial charge < -0.3 is 5.32 Å². The SMILES string of the molecule is C=C(C)NC(S)c1ccccc1. The number of thiol groups is 1. The minimum Gasteiger partial charge on any atom is -0.374 e. The Kier molecular flexibility index (Phi) is 3.23. The fourth-order valence-electron chi connectivity index (χ4n) is 0.952. The lowest BCUT2D eigenvalue weighted by molar-refractivity contribution is 0.799. The molecule has 1 aromatic rings. The zero-order valence-electron chi connectivity index (χ0n) is 7.12. The van der Waals surface area contributed by atoms with Gasteiger partial charge in [0.15, 0.2) is 0 Å². The van der Waals surface area contributed by atoms with Crippen molar-refractivity contribution in [1.82, 2.24) is 5.32 Å². The van der Waals surface area contributed by atoms with E-state index in [0.29, 0.717) is 0 Å². The second-order valence-electron chi connectivity index (χ2n) is 2.74. The van der Waals surface area contributed by atoms with Gasteiger partial charge in [-0.2, -0.15) is 0 Å². The number of nitrogens with one attached hydrogen (secondary N) is 1. The molecule has 0 amide bonds. The molecule has 1 rings (SSSR count). The molecule has 0 saturated heterocycles. The van der Waals surface area contributed by atoms with Gasteiger partial charge in [0.05, 0.1) is 5.37 Å². The van der Waals surface area contributed by atoms with Crippen LogP contribution in [0, 0.1) is 0 Å². The van der Waals surface area contributed by atoms with Crippen LogP contribution < -0.4 is 5.32 Å². The van der Waals surface area contributed by atoms with Crippen LogP contribution in [-0.2, 0) is 0 Å². The van der Waals surface area contributed by atoms with Crippen molar-refractivity contribution in [2.24, 2.45) is 0 Å². The third kappa shape index (κ3) is 2.62. The normalized spacial score (nSPS) is 12.2. The predicted octanol–water partition coefficient (Wildman–Crippen LogP) is 2.74.